The van der Waals surface area contributed by atoms with Gasteiger partial charge in [0, 0.05) is 0 Å². The summed E-state index contributed by atoms with van der Waals surface area (Å²) in [5.41, 5.74) is 6.73. The standard InChI is InChI=1S/C13H10N4O2S/c18-16-11-12(10-7-4-8-20-10)19-17-13(11)15-14-9-5-2-1-3-6-9/h1-8,14H,(H,15,17). The molecule has 0 unspecified atom stereocenters. The average Bonchev–Trinajstić information content (AvgIpc) is 3.14. The van der Waals surface area contributed by atoms with Gasteiger partial charge in [0.2, 0.25) is 17.3 Å². The van der Waals surface area contributed by atoms with Gasteiger partial charge in [0.1, 0.15) is 0 Å². The fourth-order valence-electron chi connectivity index (χ4n) is 1.67. The molecular weight excluding hydrogens is 276 g/mol. The first kappa shape index (κ1) is 12.4. The van der Waals surface area contributed by atoms with Gasteiger partial charge in [0.25, 0.3) is 0 Å². The van der Waals surface area contributed by atoms with E-state index in [0.717, 1.165) is 10.6 Å². The summed E-state index contributed by atoms with van der Waals surface area (Å²) in [5.74, 6) is 0.625. The molecule has 7 heteroatoms. The summed E-state index contributed by atoms with van der Waals surface area (Å²) in [6.07, 6.45) is 0. The summed E-state index contributed by atoms with van der Waals surface area (Å²) < 4.78 is 5.18. The van der Waals surface area contributed by atoms with Crippen LogP contribution >= 0.6 is 11.3 Å². The van der Waals surface area contributed by atoms with Crippen molar-refractivity contribution in [2.24, 2.45) is 5.18 Å². The molecule has 0 bridgehead atoms. The molecule has 0 spiro atoms. The van der Waals surface area contributed by atoms with Crippen LogP contribution in [0.5, 0.6) is 0 Å². The van der Waals surface area contributed by atoms with E-state index in [1.165, 1.54) is 11.3 Å². The summed E-state index contributed by atoms with van der Waals surface area (Å²) in [5, 5.41) is 8.71. The van der Waals surface area contributed by atoms with Crippen LogP contribution < -0.4 is 10.9 Å². The summed E-state index contributed by atoms with van der Waals surface area (Å²) in [4.78, 5) is 11.8. The second-order valence-electron chi connectivity index (χ2n) is 3.89. The maximum atomic E-state index is 11.0. The molecule has 2 heterocycles. The van der Waals surface area contributed by atoms with E-state index in [9.17, 15) is 4.91 Å². The van der Waals surface area contributed by atoms with Crippen molar-refractivity contribution in [1.82, 2.24) is 5.16 Å². The van der Waals surface area contributed by atoms with Crippen molar-refractivity contribution < 1.29 is 4.52 Å². The Balaban J connectivity index is 1.82. The van der Waals surface area contributed by atoms with E-state index in [1.54, 1.807) is 0 Å². The second kappa shape index (κ2) is 5.54. The zero-order valence-electron chi connectivity index (χ0n) is 10.2. The molecule has 0 saturated heterocycles. The molecule has 2 aromatic heterocycles. The molecular formula is C13H10N4O2S. The number of hydrogen-bond donors (Lipinski definition) is 2. The number of hydrazine groups is 1. The first-order valence-electron chi connectivity index (χ1n) is 5.82. The van der Waals surface area contributed by atoms with Crippen LogP contribution in [-0.2, 0) is 0 Å². The van der Waals surface area contributed by atoms with Crippen LogP contribution in [0.15, 0.2) is 57.5 Å². The second-order valence-corrected chi connectivity index (χ2v) is 4.84. The zero-order valence-corrected chi connectivity index (χ0v) is 11.1. The van der Waals surface area contributed by atoms with Crippen molar-refractivity contribution in [2.75, 3.05) is 10.9 Å². The van der Waals surface area contributed by atoms with Crippen LogP contribution in [0.25, 0.3) is 10.6 Å². The first-order valence-corrected chi connectivity index (χ1v) is 6.70. The molecule has 20 heavy (non-hydrogen) atoms. The number of benzene rings is 1. The number of nitroso groups, excluding NO2 is 1. The van der Waals surface area contributed by atoms with Gasteiger partial charge in [-0.05, 0) is 28.8 Å². The van der Waals surface area contributed by atoms with Crippen LogP contribution in [0.3, 0.4) is 0 Å². The van der Waals surface area contributed by atoms with E-state index in [2.05, 4.69) is 21.2 Å². The van der Waals surface area contributed by atoms with Gasteiger partial charge in [0.15, 0.2) is 0 Å². The molecule has 100 valence electrons. The highest BCUT2D eigenvalue weighted by Crippen LogP contribution is 2.38. The molecule has 3 rings (SSSR count). The minimum absolute atomic E-state index is 0.149. The minimum atomic E-state index is 0.149. The summed E-state index contributed by atoms with van der Waals surface area (Å²) in [7, 11) is 0. The molecule has 0 aliphatic carbocycles. The Bertz CT molecular complexity index is 695. The van der Waals surface area contributed by atoms with Crippen molar-refractivity contribution >= 4 is 28.5 Å². The third kappa shape index (κ3) is 2.39. The fraction of sp³-hybridized carbons (Fsp3) is 0. The van der Waals surface area contributed by atoms with E-state index in [0.29, 0.717) is 5.76 Å². The molecule has 0 fully saturated rings. The van der Waals surface area contributed by atoms with E-state index in [-0.39, 0.29) is 11.5 Å². The molecule has 0 aliphatic rings. The smallest absolute Gasteiger partial charge is 0.218 e. The van der Waals surface area contributed by atoms with E-state index in [4.69, 9.17) is 4.52 Å². The lowest BCUT2D eigenvalue weighted by molar-refractivity contribution is 0.436. The predicted octanol–water partition coefficient (Wildman–Crippen LogP) is 4.24. The maximum absolute atomic E-state index is 11.0. The average molecular weight is 286 g/mol. The Kier molecular flexibility index (Phi) is 3.42. The fourth-order valence-corrected chi connectivity index (χ4v) is 2.38. The van der Waals surface area contributed by atoms with Gasteiger partial charge in [-0.15, -0.1) is 16.2 Å². The van der Waals surface area contributed by atoms with Gasteiger partial charge in [0.05, 0.1) is 10.6 Å². The van der Waals surface area contributed by atoms with Crippen molar-refractivity contribution in [3.8, 4) is 10.6 Å². The number of nitrogens with one attached hydrogen (secondary N) is 2. The summed E-state index contributed by atoms with van der Waals surface area (Å²) in [6.45, 7) is 0. The van der Waals surface area contributed by atoms with Crippen LogP contribution in [0.1, 0.15) is 0 Å². The Hall–Kier alpha value is -2.67. The molecule has 6 nitrogen and oxygen atoms in total. The molecule has 0 atom stereocenters. The van der Waals surface area contributed by atoms with Gasteiger partial charge < -0.3 is 4.52 Å². The minimum Gasteiger partial charge on any atom is -0.351 e. The molecule has 3 aromatic rings. The maximum Gasteiger partial charge on any atom is 0.218 e. The molecule has 2 N–H and O–H groups in total. The van der Waals surface area contributed by atoms with Crippen molar-refractivity contribution in [3.05, 3.63) is 52.8 Å². The number of hydrogen-bond acceptors (Lipinski definition) is 7. The van der Waals surface area contributed by atoms with Crippen LogP contribution in [0.4, 0.5) is 17.2 Å². The number of anilines is 2. The van der Waals surface area contributed by atoms with Gasteiger partial charge >= 0.3 is 0 Å². The lowest BCUT2D eigenvalue weighted by atomic mass is 10.3. The third-order valence-electron chi connectivity index (χ3n) is 2.60. The monoisotopic (exact) mass is 286 g/mol. The highest BCUT2D eigenvalue weighted by atomic mass is 32.1. The van der Waals surface area contributed by atoms with Crippen LogP contribution in [0.2, 0.25) is 0 Å². The summed E-state index contributed by atoms with van der Waals surface area (Å²) in [6, 6.07) is 13.2. The zero-order chi connectivity index (χ0) is 13.8. The van der Waals surface area contributed by atoms with E-state index in [1.807, 2.05) is 47.8 Å². The Morgan fingerprint density at radius 2 is 1.95 bits per heavy atom. The Morgan fingerprint density at radius 3 is 2.65 bits per heavy atom. The Labute approximate surface area is 118 Å². The quantitative estimate of drug-likeness (QED) is 0.541. The SMILES string of the molecule is O=Nc1c(NNc2ccccc2)noc1-c1cccs1. The van der Waals surface area contributed by atoms with E-state index < -0.39 is 0 Å². The molecule has 0 saturated carbocycles. The lowest BCUT2D eigenvalue weighted by Crippen LogP contribution is -2.08. The number of para-hydroxylation sites is 1. The molecule has 0 aliphatic heterocycles. The number of aromatic nitrogens is 1. The van der Waals surface area contributed by atoms with Crippen LogP contribution in [-0.4, -0.2) is 5.16 Å². The van der Waals surface area contributed by atoms with Crippen molar-refractivity contribution in [3.63, 3.8) is 0 Å². The largest absolute Gasteiger partial charge is 0.351 e. The van der Waals surface area contributed by atoms with Gasteiger partial charge in [-0.3, -0.25) is 10.9 Å². The number of nitrogens with zero attached hydrogens (tertiary/aromatic N) is 2. The topological polar surface area (TPSA) is 79.5 Å². The summed E-state index contributed by atoms with van der Waals surface area (Å²) >= 11 is 1.45. The highest BCUT2D eigenvalue weighted by Gasteiger charge is 2.19. The van der Waals surface area contributed by atoms with Crippen molar-refractivity contribution in [1.29, 1.82) is 0 Å². The number of thiophene rings is 1. The first-order chi connectivity index (χ1) is 9.88. The third-order valence-corrected chi connectivity index (χ3v) is 3.47. The predicted molar refractivity (Wildman–Crippen MR) is 79.0 cm³/mol. The van der Waals surface area contributed by atoms with Crippen molar-refractivity contribution in [2.45, 2.75) is 0 Å². The molecule has 0 radical (unpaired) electrons. The Morgan fingerprint density at radius 1 is 1.10 bits per heavy atom. The molecule has 0 amide bonds. The highest BCUT2D eigenvalue weighted by molar-refractivity contribution is 7.13. The molecule has 1 aromatic carbocycles. The van der Waals surface area contributed by atoms with Gasteiger partial charge in [-0.25, -0.2) is 0 Å². The van der Waals surface area contributed by atoms with Gasteiger partial charge in [-0.1, -0.05) is 29.4 Å². The van der Waals surface area contributed by atoms with E-state index >= 15 is 0 Å². The lowest BCUT2D eigenvalue weighted by Gasteiger charge is -2.05. The number of rotatable bonds is 5. The van der Waals surface area contributed by atoms with Gasteiger partial charge in [-0.2, -0.15) is 0 Å². The van der Waals surface area contributed by atoms with Crippen LogP contribution in [0, 0.1) is 4.91 Å². The normalized spacial score (nSPS) is 10.2.